The van der Waals surface area contributed by atoms with Gasteiger partial charge in [-0.1, -0.05) is 33.6 Å². The zero-order valence-corrected chi connectivity index (χ0v) is 13.4. The van der Waals surface area contributed by atoms with Crippen molar-refractivity contribution < 1.29 is 0 Å². The Balaban J connectivity index is 1.78. The van der Waals surface area contributed by atoms with E-state index in [0.717, 1.165) is 12.0 Å². The normalized spacial score (nSPS) is 31.7. The highest BCUT2D eigenvalue weighted by Crippen LogP contribution is 2.34. The van der Waals surface area contributed by atoms with Gasteiger partial charge in [0.25, 0.3) is 0 Å². The van der Waals surface area contributed by atoms with Gasteiger partial charge in [0, 0.05) is 12.6 Å². The lowest BCUT2D eigenvalue weighted by molar-refractivity contribution is 0.202. The van der Waals surface area contributed by atoms with Crippen LogP contribution in [0.1, 0.15) is 65.7 Å². The third-order valence-corrected chi connectivity index (χ3v) is 5.19. The molecule has 0 aromatic heterocycles. The molecule has 0 saturated carbocycles. The number of nitrogens with zero attached hydrogens (tertiary/aromatic N) is 1. The summed E-state index contributed by atoms with van der Waals surface area (Å²) >= 11 is 0. The largest absolute Gasteiger partial charge is 0.313 e. The van der Waals surface area contributed by atoms with Crippen LogP contribution in [0.3, 0.4) is 0 Å². The minimum absolute atomic E-state index is 0.497. The Morgan fingerprint density at radius 3 is 2.58 bits per heavy atom. The first-order valence-electron chi connectivity index (χ1n) is 8.51. The monoisotopic (exact) mass is 266 g/mol. The van der Waals surface area contributed by atoms with Gasteiger partial charge in [-0.2, -0.15) is 0 Å². The minimum Gasteiger partial charge on any atom is -0.313 e. The van der Waals surface area contributed by atoms with Crippen molar-refractivity contribution in [3.8, 4) is 0 Å². The Labute approximate surface area is 120 Å². The molecule has 2 unspecified atom stereocenters. The van der Waals surface area contributed by atoms with Gasteiger partial charge in [0.2, 0.25) is 0 Å². The highest BCUT2D eigenvalue weighted by Gasteiger charge is 2.27. The average Bonchev–Trinajstić information content (AvgIpc) is 2.71. The van der Waals surface area contributed by atoms with E-state index >= 15 is 0 Å². The third kappa shape index (κ3) is 5.07. The van der Waals surface area contributed by atoms with E-state index in [1.807, 2.05) is 0 Å². The molecule has 2 atom stereocenters. The van der Waals surface area contributed by atoms with Crippen molar-refractivity contribution in [3.63, 3.8) is 0 Å². The van der Waals surface area contributed by atoms with E-state index in [0.29, 0.717) is 5.41 Å². The van der Waals surface area contributed by atoms with Crippen LogP contribution in [0, 0.1) is 11.3 Å². The van der Waals surface area contributed by atoms with Crippen molar-refractivity contribution in [3.05, 3.63) is 0 Å². The smallest absolute Gasteiger partial charge is 0.0195 e. The van der Waals surface area contributed by atoms with E-state index in [1.54, 1.807) is 0 Å². The first kappa shape index (κ1) is 15.3. The van der Waals surface area contributed by atoms with Gasteiger partial charge in [0.05, 0.1) is 0 Å². The molecule has 0 radical (unpaired) electrons. The lowest BCUT2D eigenvalue weighted by Crippen LogP contribution is -2.41. The summed E-state index contributed by atoms with van der Waals surface area (Å²) < 4.78 is 0. The van der Waals surface area contributed by atoms with Gasteiger partial charge in [0.1, 0.15) is 0 Å². The molecule has 2 aliphatic heterocycles. The molecule has 2 saturated heterocycles. The molecule has 0 aromatic carbocycles. The molecule has 2 rings (SSSR count). The summed E-state index contributed by atoms with van der Waals surface area (Å²) in [5.74, 6) is 0.916. The highest BCUT2D eigenvalue weighted by molar-refractivity contribution is 4.81. The zero-order chi connectivity index (χ0) is 13.7. The number of hydrogen-bond acceptors (Lipinski definition) is 2. The summed E-state index contributed by atoms with van der Waals surface area (Å²) in [6.45, 7) is 12.4. The fourth-order valence-corrected chi connectivity index (χ4v) is 3.77. The van der Waals surface area contributed by atoms with E-state index in [2.05, 4.69) is 31.0 Å². The number of rotatable bonds is 2. The Morgan fingerprint density at radius 2 is 1.79 bits per heavy atom. The molecule has 1 N–H and O–H groups in total. The van der Waals surface area contributed by atoms with Crippen LogP contribution in [0.25, 0.3) is 0 Å². The van der Waals surface area contributed by atoms with Crippen LogP contribution in [-0.2, 0) is 0 Å². The van der Waals surface area contributed by atoms with Gasteiger partial charge >= 0.3 is 0 Å². The van der Waals surface area contributed by atoms with Crippen LogP contribution < -0.4 is 5.32 Å². The highest BCUT2D eigenvalue weighted by atomic mass is 15.1. The predicted molar refractivity (Wildman–Crippen MR) is 83.5 cm³/mol. The van der Waals surface area contributed by atoms with Crippen LogP contribution in [-0.4, -0.2) is 37.1 Å². The molecule has 19 heavy (non-hydrogen) atoms. The average molecular weight is 266 g/mol. The molecule has 112 valence electrons. The molecule has 2 heterocycles. The molecular weight excluding hydrogens is 232 g/mol. The molecule has 0 bridgehead atoms. The molecule has 0 amide bonds. The maximum Gasteiger partial charge on any atom is 0.0195 e. The maximum absolute atomic E-state index is 3.75. The molecule has 2 fully saturated rings. The van der Waals surface area contributed by atoms with Crippen LogP contribution in [0.4, 0.5) is 0 Å². The first-order chi connectivity index (χ1) is 9.05. The van der Waals surface area contributed by atoms with E-state index in [4.69, 9.17) is 0 Å². The van der Waals surface area contributed by atoms with Gasteiger partial charge in [-0.25, -0.2) is 0 Å². The fraction of sp³-hybridized carbons (Fsp3) is 1.00. The van der Waals surface area contributed by atoms with Gasteiger partial charge in [0.15, 0.2) is 0 Å². The zero-order valence-electron chi connectivity index (χ0n) is 13.4. The summed E-state index contributed by atoms with van der Waals surface area (Å²) in [5, 5.41) is 3.75. The Kier molecular flexibility index (Phi) is 5.70. The molecular formula is C17H34N2. The first-order valence-corrected chi connectivity index (χ1v) is 8.51. The van der Waals surface area contributed by atoms with Crippen LogP contribution >= 0.6 is 0 Å². The second kappa shape index (κ2) is 7.08. The van der Waals surface area contributed by atoms with Crippen molar-refractivity contribution in [1.82, 2.24) is 10.2 Å². The number of nitrogens with one attached hydrogen (secondary N) is 1. The molecule has 2 heteroatoms. The fourth-order valence-electron chi connectivity index (χ4n) is 3.77. The molecule has 0 aromatic rings. The molecule has 0 spiro atoms. The van der Waals surface area contributed by atoms with E-state index < -0.39 is 0 Å². The summed E-state index contributed by atoms with van der Waals surface area (Å²) in [6.07, 6.45) is 9.84. The van der Waals surface area contributed by atoms with E-state index in [1.165, 1.54) is 71.1 Å². The topological polar surface area (TPSA) is 15.3 Å². The summed E-state index contributed by atoms with van der Waals surface area (Å²) in [6, 6.07) is 0.758. The Bertz CT molecular complexity index is 248. The van der Waals surface area contributed by atoms with E-state index in [9.17, 15) is 0 Å². The predicted octanol–water partition coefficient (Wildman–Crippen LogP) is 3.67. The number of hydrogen-bond donors (Lipinski definition) is 1. The van der Waals surface area contributed by atoms with Crippen molar-refractivity contribution in [2.24, 2.45) is 11.3 Å². The summed E-state index contributed by atoms with van der Waals surface area (Å²) in [4.78, 5) is 2.73. The third-order valence-electron chi connectivity index (χ3n) is 5.19. The summed E-state index contributed by atoms with van der Waals surface area (Å²) in [5.41, 5.74) is 0.497. The van der Waals surface area contributed by atoms with Crippen molar-refractivity contribution in [2.45, 2.75) is 71.8 Å². The quantitative estimate of drug-likeness (QED) is 0.820. The second-order valence-corrected chi connectivity index (χ2v) is 7.79. The van der Waals surface area contributed by atoms with Crippen molar-refractivity contribution in [2.75, 3.05) is 26.2 Å². The lowest BCUT2D eigenvalue weighted by atomic mass is 9.77. The Hall–Kier alpha value is -0.0800. The van der Waals surface area contributed by atoms with E-state index in [-0.39, 0.29) is 0 Å². The standard InChI is InChI=1S/C17H34N2/c1-17(2,3)15-8-7-12-19(13-10-15)14-16-9-5-4-6-11-18-16/h15-16,18H,4-14H2,1-3H3. The van der Waals surface area contributed by atoms with Gasteiger partial charge in [-0.05, 0) is 63.1 Å². The summed E-state index contributed by atoms with van der Waals surface area (Å²) in [7, 11) is 0. The van der Waals surface area contributed by atoms with Gasteiger partial charge < -0.3 is 10.2 Å². The van der Waals surface area contributed by atoms with Crippen LogP contribution in [0.15, 0.2) is 0 Å². The van der Waals surface area contributed by atoms with Crippen LogP contribution in [0.2, 0.25) is 0 Å². The maximum atomic E-state index is 3.75. The molecule has 2 nitrogen and oxygen atoms in total. The SMILES string of the molecule is CC(C)(C)C1CCCN(CC2CCCCCN2)CC1. The van der Waals surface area contributed by atoms with Gasteiger partial charge in [-0.15, -0.1) is 0 Å². The number of likely N-dealkylation sites (tertiary alicyclic amines) is 1. The second-order valence-electron chi connectivity index (χ2n) is 7.79. The van der Waals surface area contributed by atoms with Crippen molar-refractivity contribution in [1.29, 1.82) is 0 Å². The molecule has 0 aliphatic carbocycles. The lowest BCUT2D eigenvalue weighted by Gasteiger charge is -2.30. The molecule has 2 aliphatic rings. The van der Waals surface area contributed by atoms with Crippen molar-refractivity contribution >= 4 is 0 Å². The minimum atomic E-state index is 0.497. The Morgan fingerprint density at radius 1 is 0.947 bits per heavy atom. The van der Waals surface area contributed by atoms with Crippen LogP contribution in [0.5, 0.6) is 0 Å². The van der Waals surface area contributed by atoms with Gasteiger partial charge in [-0.3, -0.25) is 0 Å².